The standard InChI is InChI=1S/C21H19BrN6O2S/c1-14-12-15(2)28(26-14)21-11-10-20(24-25-21)23-17-6-8-18(9-7-17)27-31(29,30)19-5-3-4-16(22)13-19/h3-13,27H,1-2H3,(H,23,24). The molecular weight excluding hydrogens is 480 g/mol. The third-order valence-corrected chi connectivity index (χ3v) is 6.27. The molecule has 0 aliphatic carbocycles. The lowest BCUT2D eigenvalue weighted by atomic mass is 10.3. The van der Waals surface area contributed by atoms with Crippen LogP contribution in [-0.4, -0.2) is 28.4 Å². The predicted octanol–water partition coefficient (Wildman–Crippen LogP) is 4.59. The number of nitrogens with zero attached hydrogens (tertiary/aromatic N) is 4. The van der Waals surface area contributed by atoms with Gasteiger partial charge in [-0.15, -0.1) is 10.2 Å². The maximum atomic E-state index is 12.5. The third-order valence-electron chi connectivity index (χ3n) is 4.39. The van der Waals surface area contributed by atoms with Crippen LogP contribution in [0.1, 0.15) is 11.4 Å². The lowest BCUT2D eigenvalue weighted by Gasteiger charge is -2.10. The Balaban J connectivity index is 1.44. The Hall–Kier alpha value is -3.24. The van der Waals surface area contributed by atoms with Gasteiger partial charge in [0.25, 0.3) is 10.0 Å². The first kappa shape index (κ1) is 21.0. The summed E-state index contributed by atoms with van der Waals surface area (Å²) >= 11 is 3.29. The first-order valence-corrected chi connectivity index (χ1v) is 11.6. The van der Waals surface area contributed by atoms with Crippen molar-refractivity contribution in [3.8, 4) is 5.82 Å². The number of nitrogens with one attached hydrogen (secondary N) is 2. The Bertz CT molecular complexity index is 1320. The Morgan fingerprint density at radius 1 is 0.903 bits per heavy atom. The van der Waals surface area contributed by atoms with Crippen LogP contribution in [0.3, 0.4) is 0 Å². The van der Waals surface area contributed by atoms with Gasteiger partial charge in [0.1, 0.15) is 0 Å². The molecule has 2 aromatic carbocycles. The zero-order valence-electron chi connectivity index (χ0n) is 16.7. The zero-order chi connectivity index (χ0) is 22.0. The van der Waals surface area contributed by atoms with Crippen LogP contribution in [0.5, 0.6) is 0 Å². The molecule has 31 heavy (non-hydrogen) atoms. The van der Waals surface area contributed by atoms with E-state index in [-0.39, 0.29) is 4.90 Å². The molecule has 2 aromatic heterocycles. The summed E-state index contributed by atoms with van der Waals surface area (Å²) in [5.74, 6) is 1.20. The van der Waals surface area contributed by atoms with Crippen LogP contribution in [0.15, 0.2) is 76.1 Å². The highest BCUT2D eigenvalue weighted by Gasteiger charge is 2.14. The molecule has 0 fully saturated rings. The minimum Gasteiger partial charge on any atom is -0.339 e. The van der Waals surface area contributed by atoms with E-state index in [1.54, 1.807) is 47.1 Å². The number of halogens is 1. The van der Waals surface area contributed by atoms with Gasteiger partial charge in [-0.2, -0.15) is 5.10 Å². The molecule has 0 atom stereocenters. The number of hydrogen-bond donors (Lipinski definition) is 2. The number of sulfonamides is 1. The summed E-state index contributed by atoms with van der Waals surface area (Å²) in [5, 5.41) is 16.0. The average molecular weight is 499 g/mol. The minimum absolute atomic E-state index is 0.182. The molecule has 2 heterocycles. The van der Waals surface area contributed by atoms with Gasteiger partial charge >= 0.3 is 0 Å². The van der Waals surface area contributed by atoms with Crippen LogP contribution in [-0.2, 0) is 10.0 Å². The van der Waals surface area contributed by atoms with Crippen molar-refractivity contribution in [2.75, 3.05) is 10.0 Å². The van der Waals surface area contributed by atoms with Gasteiger partial charge in [-0.3, -0.25) is 4.72 Å². The van der Waals surface area contributed by atoms with Crippen molar-refractivity contribution in [3.63, 3.8) is 0 Å². The zero-order valence-corrected chi connectivity index (χ0v) is 19.1. The number of rotatable bonds is 6. The fourth-order valence-corrected chi connectivity index (χ4v) is 4.64. The summed E-state index contributed by atoms with van der Waals surface area (Å²) in [6.45, 7) is 3.88. The van der Waals surface area contributed by atoms with E-state index < -0.39 is 10.0 Å². The van der Waals surface area contributed by atoms with Crippen LogP contribution >= 0.6 is 15.9 Å². The Morgan fingerprint density at radius 3 is 2.26 bits per heavy atom. The van der Waals surface area contributed by atoms with Crippen molar-refractivity contribution >= 4 is 43.1 Å². The molecule has 0 radical (unpaired) electrons. The van der Waals surface area contributed by atoms with Gasteiger partial charge in [-0.1, -0.05) is 22.0 Å². The second-order valence-corrected chi connectivity index (χ2v) is 9.48. The molecule has 0 aliphatic heterocycles. The fraction of sp³-hybridized carbons (Fsp3) is 0.0952. The average Bonchev–Trinajstić information content (AvgIpc) is 3.08. The Labute approximate surface area is 188 Å². The molecule has 2 N–H and O–H groups in total. The van der Waals surface area contributed by atoms with E-state index in [1.807, 2.05) is 32.0 Å². The second kappa shape index (κ2) is 8.48. The van der Waals surface area contributed by atoms with Crippen molar-refractivity contribution in [2.24, 2.45) is 0 Å². The maximum absolute atomic E-state index is 12.5. The third kappa shape index (κ3) is 4.92. The Morgan fingerprint density at radius 2 is 1.65 bits per heavy atom. The van der Waals surface area contributed by atoms with Crippen molar-refractivity contribution < 1.29 is 8.42 Å². The molecule has 0 saturated carbocycles. The van der Waals surface area contributed by atoms with E-state index in [9.17, 15) is 8.42 Å². The molecule has 0 aliphatic rings. The number of anilines is 3. The molecule has 158 valence electrons. The highest BCUT2D eigenvalue weighted by molar-refractivity contribution is 9.10. The summed E-state index contributed by atoms with van der Waals surface area (Å²) in [5.41, 5.74) is 3.10. The fourth-order valence-electron chi connectivity index (χ4n) is 2.98. The quantitative estimate of drug-likeness (QED) is 0.403. The van der Waals surface area contributed by atoms with Crippen LogP contribution in [0.4, 0.5) is 17.2 Å². The van der Waals surface area contributed by atoms with E-state index in [4.69, 9.17) is 0 Å². The maximum Gasteiger partial charge on any atom is 0.261 e. The van der Waals surface area contributed by atoms with Crippen LogP contribution in [0, 0.1) is 13.8 Å². The van der Waals surface area contributed by atoms with Gasteiger partial charge in [-0.05, 0) is 74.5 Å². The second-order valence-electron chi connectivity index (χ2n) is 6.88. The normalized spacial score (nSPS) is 11.3. The van der Waals surface area contributed by atoms with Gasteiger partial charge in [0, 0.05) is 21.5 Å². The first-order chi connectivity index (χ1) is 14.8. The van der Waals surface area contributed by atoms with Crippen molar-refractivity contribution in [2.45, 2.75) is 18.7 Å². The van der Waals surface area contributed by atoms with Gasteiger partial charge < -0.3 is 5.32 Å². The number of aromatic nitrogens is 4. The topological polar surface area (TPSA) is 102 Å². The molecule has 0 unspecified atom stereocenters. The number of aryl methyl sites for hydroxylation is 2. The summed E-state index contributed by atoms with van der Waals surface area (Å²) < 4.78 is 30.1. The minimum atomic E-state index is -3.67. The Kier molecular flexibility index (Phi) is 5.75. The number of benzene rings is 2. The molecular formula is C21H19BrN6O2S. The molecule has 0 spiro atoms. The van der Waals surface area contributed by atoms with Crippen molar-refractivity contribution in [1.82, 2.24) is 20.0 Å². The molecule has 4 rings (SSSR count). The van der Waals surface area contributed by atoms with Gasteiger partial charge in [-0.25, -0.2) is 13.1 Å². The van der Waals surface area contributed by atoms with Crippen LogP contribution in [0.2, 0.25) is 0 Å². The van der Waals surface area contributed by atoms with Crippen molar-refractivity contribution in [3.05, 3.63) is 82.6 Å². The van der Waals surface area contributed by atoms with E-state index >= 15 is 0 Å². The molecule has 0 saturated heterocycles. The van der Waals surface area contributed by atoms with Crippen molar-refractivity contribution in [1.29, 1.82) is 0 Å². The molecule has 4 aromatic rings. The largest absolute Gasteiger partial charge is 0.339 e. The van der Waals surface area contributed by atoms with Crippen LogP contribution in [0.25, 0.3) is 5.82 Å². The van der Waals surface area contributed by atoms with E-state index in [1.165, 1.54) is 6.07 Å². The first-order valence-electron chi connectivity index (χ1n) is 9.33. The summed E-state index contributed by atoms with van der Waals surface area (Å²) in [6, 6.07) is 19.0. The van der Waals surface area contributed by atoms with E-state index in [0.29, 0.717) is 21.8 Å². The lowest BCUT2D eigenvalue weighted by molar-refractivity contribution is 0.601. The number of hydrogen-bond acceptors (Lipinski definition) is 6. The summed E-state index contributed by atoms with van der Waals surface area (Å²) in [7, 11) is -3.67. The monoisotopic (exact) mass is 498 g/mol. The lowest BCUT2D eigenvalue weighted by Crippen LogP contribution is -2.12. The molecule has 10 heteroatoms. The van der Waals surface area contributed by atoms with Gasteiger partial charge in [0.05, 0.1) is 10.6 Å². The highest BCUT2D eigenvalue weighted by Crippen LogP contribution is 2.22. The summed E-state index contributed by atoms with van der Waals surface area (Å²) in [6.07, 6.45) is 0. The van der Waals surface area contributed by atoms with Crippen LogP contribution < -0.4 is 10.0 Å². The SMILES string of the molecule is Cc1cc(C)n(-c2ccc(Nc3ccc(NS(=O)(=O)c4cccc(Br)c4)cc3)nn2)n1. The van der Waals surface area contributed by atoms with E-state index in [0.717, 1.165) is 17.1 Å². The van der Waals surface area contributed by atoms with Gasteiger partial charge in [0.15, 0.2) is 11.6 Å². The molecule has 0 bridgehead atoms. The highest BCUT2D eigenvalue weighted by atomic mass is 79.9. The molecule has 8 nitrogen and oxygen atoms in total. The summed E-state index contributed by atoms with van der Waals surface area (Å²) in [4.78, 5) is 0.182. The molecule has 0 amide bonds. The smallest absolute Gasteiger partial charge is 0.261 e. The predicted molar refractivity (Wildman–Crippen MR) is 123 cm³/mol. The van der Waals surface area contributed by atoms with E-state index in [2.05, 4.69) is 41.3 Å². The van der Waals surface area contributed by atoms with Gasteiger partial charge in [0.2, 0.25) is 0 Å².